The van der Waals surface area contributed by atoms with Gasteiger partial charge in [-0.15, -0.1) is 5.10 Å². The van der Waals surface area contributed by atoms with Gasteiger partial charge >= 0.3 is 0 Å². The van der Waals surface area contributed by atoms with Gasteiger partial charge in [-0.3, -0.25) is 0 Å². The van der Waals surface area contributed by atoms with Gasteiger partial charge in [0.05, 0.1) is 11.2 Å². The Morgan fingerprint density at radius 2 is 0.939 bits per heavy atom. The molecular weight excluding hydrogens is 601 g/mol. The number of nitrogens with zero attached hydrogens (tertiary/aromatic N) is 6. The van der Waals surface area contributed by atoms with Crippen LogP contribution in [0, 0.1) is 0 Å². The van der Waals surface area contributed by atoms with Crippen molar-refractivity contribution in [1.29, 1.82) is 0 Å². The number of hydrogen-bond acceptors (Lipinski definition) is 5. The van der Waals surface area contributed by atoms with Crippen molar-refractivity contribution in [1.82, 2.24) is 29.9 Å². The Labute approximate surface area is 283 Å². The lowest BCUT2D eigenvalue weighted by molar-refractivity contribution is 0.824. The molecule has 0 aliphatic carbocycles. The molecule has 6 nitrogen and oxygen atoms in total. The van der Waals surface area contributed by atoms with Crippen LogP contribution in [-0.2, 0) is 0 Å². The van der Waals surface area contributed by atoms with Gasteiger partial charge in [0.25, 0.3) is 0 Å². The summed E-state index contributed by atoms with van der Waals surface area (Å²) in [4.78, 5) is 14.6. The Kier molecular flexibility index (Phi) is 7.02. The number of fused-ring (bicyclic) bond motifs is 2. The molecule has 9 aromatic rings. The van der Waals surface area contributed by atoms with E-state index in [4.69, 9.17) is 15.0 Å². The van der Waals surface area contributed by atoms with Crippen LogP contribution in [0.2, 0.25) is 0 Å². The molecular formula is C43H28N6. The summed E-state index contributed by atoms with van der Waals surface area (Å²) in [6.45, 7) is 0. The fourth-order valence-electron chi connectivity index (χ4n) is 6.31. The molecule has 2 aromatic heterocycles. The highest BCUT2D eigenvalue weighted by Gasteiger charge is 2.13. The Balaban J connectivity index is 1.03. The summed E-state index contributed by atoms with van der Waals surface area (Å²) in [6, 6.07) is 58.2. The maximum atomic E-state index is 4.89. The lowest BCUT2D eigenvalue weighted by Crippen LogP contribution is -2.00. The third kappa shape index (κ3) is 5.41. The van der Waals surface area contributed by atoms with Gasteiger partial charge in [-0.25, -0.2) is 19.6 Å². The van der Waals surface area contributed by atoms with Crippen LogP contribution in [0.1, 0.15) is 0 Å². The van der Waals surface area contributed by atoms with Gasteiger partial charge in [0.15, 0.2) is 17.5 Å². The number of para-hydroxylation sites is 1. The van der Waals surface area contributed by atoms with Gasteiger partial charge in [-0.05, 0) is 63.4 Å². The first-order chi connectivity index (χ1) is 24.3. The highest BCUT2D eigenvalue weighted by molar-refractivity contribution is 5.99. The van der Waals surface area contributed by atoms with Crippen LogP contribution in [0.15, 0.2) is 170 Å². The first-order valence-electron chi connectivity index (χ1n) is 16.2. The van der Waals surface area contributed by atoms with Crippen LogP contribution in [-0.4, -0.2) is 29.9 Å². The Morgan fingerprint density at radius 1 is 0.388 bits per heavy atom. The van der Waals surface area contributed by atoms with Crippen LogP contribution in [0.25, 0.3) is 83.9 Å². The van der Waals surface area contributed by atoms with Gasteiger partial charge in [0.1, 0.15) is 5.52 Å². The van der Waals surface area contributed by atoms with Crippen molar-refractivity contribution >= 4 is 21.8 Å². The van der Waals surface area contributed by atoms with E-state index >= 15 is 0 Å². The minimum absolute atomic E-state index is 0.643. The molecule has 0 saturated heterocycles. The zero-order valence-electron chi connectivity index (χ0n) is 26.3. The fourth-order valence-corrected chi connectivity index (χ4v) is 6.31. The Morgan fingerprint density at radius 3 is 1.61 bits per heavy atom. The molecule has 0 aliphatic rings. The molecule has 2 heterocycles. The molecule has 0 atom stereocenters. The topological polar surface area (TPSA) is 69.4 Å². The molecule has 0 aliphatic heterocycles. The summed E-state index contributed by atoms with van der Waals surface area (Å²) in [5.74, 6) is 1.95. The molecule has 6 heteroatoms. The second-order valence-electron chi connectivity index (χ2n) is 11.9. The molecule has 49 heavy (non-hydrogen) atoms. The van der Waals surface area contributed by atoms with E-state index in [1.54, 1.807) is 0 Å². The minimum Gasteiger partial charge on any atom is -0.213 e. The van der Waals surface area contributed by atoms with E-state index in [1.165, 1.54) is 16.3 Å². The van der Waals surface area contributed by atoms with Crippen molar-refractivity contribution < 1.29 is 0 Å². The van der Waals surface area contributed by atoms with Crippen molar-refractivity contribution in [3.05, 3.63) is 170 Å². The van der Waals surface area contributed by atoms with Gasteiger partial charge < -0.3 is 0 Å². The molecule has 0 radical (unpaired) electrons. The number of rotatable bonds is 6. The minimum atomic E-state index is 0.643. The smallest absolute Gasteiger partial charge is 0.164 e. The SMILES string of the molecule is c1ccc(-c2nc(-c3ccccc3)nc(-c3ccc(-c4cccc5cc(-c6ccc(-n7nnc8ccccc87)cc6)ccc45)cc3)n2)cc1. The van der Waals surface area contributed by atoms with Crippen molar-refractivity contribution in [2.24, 2.45) is 0 Å². The molecule has 0 saturated carbocycles. The fraction of sp³-hybridized carbons (Fsp3) is 0. The summed E-state index contributed by atoms with van der Waals surface area (Å²) in [6.07, 6.45) is 0. The second-order valence-corrected chi connectivity index (χ2v) is 11.9. The third-order valence-electron chi connectivity index (χ3n) is 8.83. The quantitative estimate of drug-likeness (QED) is 0.183. The predicted octanol–water partition coefficient (Wildman–Crippen LogP) is 10.1. The third-order valence-corrected chi connectivity index (χ3v) is 8.83. The first kappa shape index (κ1) is 28.4. The Bertz CT molecular complexity index is 2520. The molecule has 7 aromatic carbocycles. The highest BCUT2D eigenvalue weighted by Crippen LogP contribution is 2.34. The summed E-state index contributed by atoms with van der Waals surface area (Å²) in [5.41, 5.74) is 10.3. The lowest BCUT2D eigenvalue weighted by atomic mass is 9.94. The first-order valence-corrected chi connectivity index (χ1v) is 16.2. The van der Waals surface area contributed by atoms with E-state index in [0.29, 0.717) is 17.5 Å². The average molecular weight is 629 g/mol. The molecule has 230 valence electrons. The summed E-state index contributed by atoms with van der Waals surface area (Å²) >= 11 is 0. The zero-order chi connectivity index (χ0) is 32.6. The van der Waals surface area contributed by atoms with E-state index in [9.17, 15) is 0 Å². The monoisotopic (exact) mass is 628 g/mol. The van der Waals surface area contributed by atoms with E-state index in [-0.39, 0.29) is 0 Å². The number of hydrogen-bond donors (Lipinski definition) is 0. The summed E-state index contributed by atoms with van der Waals surface area (Å²) in [5, 5.41) is 11.0. The molecule has 0 fully saturated rings. The van der Waals surface area contributed by atoms with Gasteiger partial charge in [0, 0.05) is 16.7 Å². The van der Waals surface area contributed by atoms with Crippen LogP contribution in [0.5, 0.6) is 0 Å². The molecule has 0 bridgehead atoms. The van der Waals surface area contributed by atoms with Crippen LogP contribution < -0.4 is 0 Å². The van der Waals surface area contributed by atoms with Gasteiger partial charge in [0.2, 0.25) is 0 Å². The van der Waals surface area contributed by atoms with Crippen molar-refractivity contribution in [2.45, 2.75) is 0 Å². The zero-order valence-corrected chi connectivity index (χ0v) is 26.3. The van der Waals surface area contributed by atoms with Crippen LogP contribution in [0.4, 0.5) is 0 Å². The van der Waals surface area contributed by atoms with Gasteiger partial charge in [-0.1, -0.05) is 145 Å². The van der Waals surface area contributed by atoms with E-state index in [1.807, 2.05) is 89.6 Å². The van der Waals surface area contributed by atoms with E-state index < -0.39 is 0 Å². The summed E-state index contributed by atoms with van der Waals surface area (Å²) < 4.78 is 1.88. The number of aromatic nitrogens is 6. The van der Waals surface area contributed by atoms with E-state index in [2.05, 4.69) is 95.2 Å². The highest BCUT2D eigenvalue weighted by atomic mass is 15.4. The van der Waals surface area contributed by atoms with Crippen molar-refractivity contribution in [2.75, 3.05) is 0 Å². The molecule has 0 N–H and O–H groups in total. The molecule has 0 spiro atoms. The van der Waals surface area contributed by atoms with Crippen LogP contribution in [0.3, 0.4) is 0 Å². The average Bonchev–Trinajstić information content (AvgIpc) is 3.62. The number of benzene rings is 7. The standard InChI is InChI=1S/C43H28N6/c1-3-10-31(11-4-1)41-44-42(32-12-5-2-6-13-32)46-43(45-41)33-20-18-30(19-21-33)37-15-9-14-35-28-34(24-27-38(35)37)29-22-25-36(26-23-29)49-40-17-8-7-16-39(40)47-48-49/h1-28H. The second kappa shape index (κ2) is 12.1. The van der Waals surface area contributed by atoms with Crippen molar-refractivity contribution in [3.8, 4) is 62.1 Å². The van der Waals surface area contributed by atoms with E-state index in [0.717, 1.165) is 50.1 Å². The lowest BCUT2D eigenvalue weighted by Gasteiger charge is -2.11. The normalized spacial score (nSPS) is 11.3. The largest absolute Gasteiger partial charge is 0.213 e. The van der Waals surface area contributed by atoms with Crippen LogP contribution >= 0.6 is 0 Å². The molecule has 0 unspecified atom stereocenters. The molecule has 0 amide bonds. The van der Waals surface area contributed by atoms with Crippen molar-refractivity contribution in [3.63, 3.8) is 0 Å². The Hall–Kier alpha value is -6.79. The summed E-state index contributed by atoms with van der Waals surface area (Å²) in [7, 11) is 0. The van der Waals surface area contributed by atoms with Gasteiger partial charge in [-0.2, -0.15) is 0 Å². The predicted molar refractivity (Wildman–Crippen MR) is 197 cm³/mol. The molecule has 9 rings (SSSR count). The maximum absolute atomic E-state index is 4.89. The maximum Gasteiger partial charge on any atom is 0.164 e.